The Balaban J connectivity index is 1.69. The second-order valence-electron chi connectivity index (χ2n) is 6.22. The zero-order valence-electron chi connectivity index (χ0n) is 14.8. The predicted molar refractivity (Wildman–Crippen MR) is 89.6 cm³/mol. The van der Waals surface area contributed by atoms with Gasteiger partial charge in [0.25, 0.3) is 5.91 Å². The Morgan fingerprint density at radius 2 is 1.96 bits per heavy atom. The van der Waals surface area contributed by atoms with Gasteiger partial charge >= 0.3 is 6.36 Å². The number of para-hydroxylation sites is 1. The third-order valence-corrected chi connectivity index (χ3v) is 4.01. The number of hydrogen-bond acceptors (Lipinski definition) is 5. The van der Waals surface area contributed by atoms with Crippen molar-refractivity contribution in [1.82, 2.24) is 14.9 Å². The summed E-state index contributed by atoms with van der Waals surface area (Å²) in [6.45, 7) is 4.19. The summed E-state index contributed by atoms with van der Waals surface area (Å²) in [5, 5.41) is 0. The second-order valence-corrected chi connectivity index (χ2v) is 6.22. The maximum atomic E-state index is 12.7. The highest BCUT2D eigenvalue weighted by molar-refractivity contribution is 5.97. The summed E-state index contributed by atoms with van der Waals surface area (Å²) in [5.74, 6) is -0.0494. The van der Waals surface area contributed by atoms with Gasteiger partial charge in [0, 0.05) is 24.7 Å². The number of ether oxygens (including phenoxy) is 2. The lowest BCUT2D eigenvalue weighted by molar-refractivity contribution is -0.274. The lowest BCUT2D eigenvalue weighted by Gasteiger charge is -2.19. The number of rotatable bonds is 4. The summed E-state index contributed by atoms with van der Waals surface area (Å²) in [5.41, 5.74) is 0.630. The molecule has 1 aromatic carbocycles. The summed E-state index contributed by atoms with van der Waals surface area (Å²) < 4.78 is 47.4. The molecule has 27 heavy (non-hydrogen) atoms. The van der Waals surface area contributed by atoms with Crippen LogP contribution >= 0.6 is 0 Å². The van der Waals surface area contributed by atoms with E-state index in [1.165, 1.54) is 23.1 Å². The van der Waals surface area contributed by atoms with Gasteiger partial charge in [-0.1, -0.05) is 12.1 Å². The molecule has 2 heterocycles. The topological polar surface area (TPSA) is 64.5 Å². The predicted octanol–water partition coefficient (Wildman–Crippen LogP) is 3.29. The molecule has 9 heteroatoms. The first-order chi connectivity index (χ1) is 12.7. The Labute approximate surface area is 153 Å². The first-order valence-electron chi connectivity index (χ1n) is 8.34. The SMILES string of the molecule is Cc1cc(OC2CCN(C(=O)c3ccccc3OC(F)(F)F)C2)nc(C)n1. The van der Waals surface area contributed by atoms with Gasteiger partial charge in [-0.2, -0.15) is 4.98 Å². The summed E-state index contributed by atoms with van der Waals surface area (Å²) >= 11 is 0. The molecule has 1 atom stereocenters. The highest BCUT2D eigenvalue weighted by Gasteiger charge is 2.35. The van der Waals surface area contributed by atoms with Crippen LogP contribution in [0.3, 0.4) is 0 Å². The van der Waals surface area contributed by atoms with Crippen molar-refractivity contribution in [2.24, 2.45) is 0 Å². The van der Waals surface area contributed by atoms with Crippen molar-refractivity contribution in [3.8, 4) is 11.6 Å². The van der Waals surface area contributed by atoms with Gasteiger partial charge in [-0.15, -0.1) is 13.2 Å². The summed E-state index contributed by atoms with van der Waals surface area (Å²) in [4.78, 5) is 22.5. The lowest BCUT2D eigenvalue weighted by atomic mass is 10.2. The van der Waals surface area contributed by atoms with Crippen LogP contribution in [-0.2, 0) is 0 Å². The number of carbonyl (C=O) groups excluding carboxylic acids is 1. The standard InChI is InChI=1S/C18H18F3N3O3/c1-11-9-16(23-12(2)22-11)26-13-7-8-24(10-13)17(25)14-5-3-4-6-15(14)27-18(19,20)21/h3-6,9,13H,7-8,10H2,1-2H3. The third-order valence-electron chi connectivity index (χ3n) is 4.01. The quantitative estimate of drug-likeness (QED) is 0.813. The highest BCUT2D eigenvalue weighted by atomic mass is 19.4. The van der Waals surface area contributed by atoms with Gasteiger partial charge in [0.1, 0.15) is 17.7 Å². The van der Waals surface area contributed by atoms with Gasteiger partial charge in [-0.25, -0.2) is 4.98 Å². The van der Waals surface area contributed by atoms with E-state index < -0.39 is 18.0 Å². The Bertz CT molecular complexity index is 822. The number of alkyl halides is 3. The first-order valence-corrected chi connectivity index (χ1v) is 8.34. The zero-order valence-corrected chi connectivity index (χ0v) is 14.8. The number of aryl methyl sites for hydroxylation is 2. The number of carbonyl (C=O) groups is 1. The van der Waals surface area contributed by atoms with Crippen LogP contribution in [0.4, 0.5) is 13.2 Å². The van der Waals surface area contributed by atoms with E-state index in [9.17, 15) is 18.0 Å². The number of nitrogens with zero attached hydrogens (tertiary/aromatic N) is 3. The average Bonchev–Trinajstić information content (AvgIpc) is 3.00. The molecular weight excluding hydrogens is 363 g/mol. The van der Waals surface area contributed by atoms with Crippen LogP contribution in [0, 0.1) is 13.8 Å². The zero-order chi connectivity index (χ0) is 19.6. The van der Waals surface area contributed by atoms with Crippen molar-refractivity contribution < 1.29 is 27.4 Å². The molecule has 0 saturated carbocycles. The Morgan fingerprint density at radius 1 is 1.22 bits per heavy atom. The molecule has 1 aliphatic rings. The lowest BCUT2D eigenvalue weighted by Crippen LogP contribution is -2.32. The largest absolute Gasteiger partial charge is 0.573 e. The van der Waals surface area contributed by atoms with E-state index in [2.05, 4.69) is 14.7 Å². The van der Waals surface area contributed by atoms with Crippen molar-refractivity contribution in [1.29, 1.82) is 0 Å². The number of aromatic nitrogens is 2. The van der Waals surface area contributed by atoms with E-state index in [0.29, 0.717) is 24.7 Å². The van der Waals surface area contributed by atoms with Crippen molar-refractivity contribution >= 4 is 5.91 Å². The van der Waals surface area contributed by atoms with Gasteiger partial charge < -0.3 is 14.4 Å². The average molecular weight is 381 g/mol. The van der Waals surface area contributed by atoms with E-state index in [1.807, 2.05) is 6.92 Å². The van der Waals surface area contributed by atoms with Gasteiger partial charge in [0.15, 0.2) is 0 Å². The third kappa shape index (κ3) is 4.87. The molecule has 0 aliphatic carbocycles. The summed E-state index contributed by atoms with van der Waals surface area (Å²) in [7, 11) is 0. The molecular formula is C18H18F3N3O3. The number of benzene rings is 1. The molecule has 0 bridgehead atoms. The molecule has 2 aromatic rings. The van der Waals surface area contributed by atoms with E-state index in [0.717, 1.165) is 11.8 Å². The Kier molecular flexibility index (Phi) is 5.20. The van der Waals surface area contributed by atoms with Crippen LogP contribution in [0.25, 0.3) is 0 Å². The van der Waals surface area contributed by atoms with Crippen LogP contribution in [0.1, 0.15) is 28.3 Å². The molecule has 1 unspecified atom stereocenters. The molecule has 144 valence electrons. The fourth-order valence-corrected chi connectivity index (χ4v) is 2.95. The molecule has 1 aromatic heterocycles. The van der Waals surface area contributed by atoms with Crippen LogP contribution < -0.4 is 9.47 Å². The van der Waals surface area contributed by atoms with Gasteiger partial charge in [0.05, 0.1) is 12.1 Å². The molecule has 0 spiro atoms. The monoisotopic (exact) mass is 381 g/mol. The van der Waals surface area contributed by atoms with Crippen molar-refractivity contribution in [2.45, 2.75) is 32.7 Å². The Hall–Kier alpha value is -2.84. The number of likely N-dealkylation sites (tertiary alicyclic amines) is 1. The van der Waals surface area contributed by atoms with Crippen LogP contribution in [0.5, 0.6) is 11.6 Å². The number of hydrogen-bond donors (Lipinski definition) is 0. The fourth-order valence-electron chi connectivity index (χ4n) is 2.95. The number of amides is 1. The van der Waals surface area contributed by atoms with Crippen molar-refractivity contribution in [3.63, 3.8) is 0 Å². The maximum Gasteiger partial charge on any atom is 0.573 e. The molecule has 0 N–H and O–H groups in total. The normalized spacial score (nSPS) is 17.1. The minimum Gasteiger partial charge on any atom is -0.472 e. The summed E-state index contributed by atoms with van der Waals surface area (Å²) in [6.07, 6.45) is -4.61. The van der Waals surface area contributed by atoms with Crippen LogP contribution in [0.15, 0.2) is 30.3 Å². The molecule has 1 aliphatic heterocycles. The molecule has 3 rings (SSSR count). The van der Waals surface area contributed by atoms with Crippen molar-refractivity contribution in [2.75, 3.05) is 13.1 Å². The van der Waals surface area contributed by atoms with Crippen molar-refractivity contribution in [3.05, 3.63) is 47.4 Å². The van der Waals surface area contributed by atoms with E-state index in [1.54, 1.807) is 13.0 Å². The highest BCUT2D eigenvalue weighted by Crippen LogP contribution is 2.28. The molecule has 1 fully saturated rings. The maximum absolute atomic E-state index is 12.7. The minimum absolute atomic E-state index is 0.135. The molecule has 0 radical (unpaired) electrons. The van der Waals surface area contributed by atoms with E-state index in [-0.39, 0.29) is 18.2 Å². The van der Waals surface area contributed by atoms with Gasteiger partial charge in [-0.3, -0.25) is 4.79 Å². The molecule has 1 amide bonds. The number of halogens is 3. The van der Waals surface area contributed by atoms with E-state index >= 15 is 0 Å². The van der Waals surface area contributed by atoms with E-state index in [4.69, 9.17) is 4.74 Å². The molecule has 6 nitrogen and oxygen atoms in total. The minimum atomic E-state index is -4.87. The second kappa shape index (κ2) is 7.42. The summed E-state index contributed by atoms with van der Waals surface area (Å²) in [6, 6.07) is 7.01. The smallest absolute Gasteiger partial charge is 0.472 e. The van der Waals surface area contributed by atoms with Crippen LogP contribution in [0.2, 0.25) is 0 Å². The fraction of sp³-hybridized carbons (Fsp3) is 0.389. The first kappa shape index (κ1) is 18.9. The van der Waals surface area contributed by atoms with Gasteiger partial charge in [0.2, 0.25) is 5.88 Å². The van der Waals surface area contributed by atoms with Crippen LogP contribution in [-0.4, -0.2) is 46.3 Å². The Morgan fingerprint density at radius 3 is 2.67 bits per heavy atom. The molecule has 1 saturated heterocycles. The van der Waals surface area contributed by atoms with Gasteiger partial charge in [-0.05, 0) is 26.0 Å².